The van der Waals surface area contributed by atoms with Crippen LogP contribution in [0.3, 0.4) is 0 Å². The van der Waals surface area contributed by atoms with E-state index in [-0.39, 0.29) is 0 Å². The third-order valence-electron chi connectivity index (χ3n) is 3.35. The minimum Gasteiger partial charge on any atom is -0.375 e. The molecule has 9 heavy (non-hydrogen) atoms. The van der Waals surface area contributed by atoms with Crippen molar-refractivity contribution in [1.82, 2.24) is 0 Å². The summed E-state index contributed by atoms with van der Waals surface area (Å²) in [6.07, 6.45) is 3.93. The van der Waals surface area contributed by atoms with Gasteiger partial charge in [0.25, 0.3) is 0 Å². The molecule has 1 aliphatic carbocycles. The molecule has 0 radical (unpaired) electrons. The predicted molar refractivity (Wildman–Crippen MR) is 36.3 cm³/mol. The predicted octanol–water partition coefficient (Wildman–Crippen LogP) is 1.97. The van der Waals surface area contributed by atoms with Crippen molar-refractivity contribution in [1.29, 1.82) is 0 Å². The van der Waals surface area contributed by atoms with Gasteiger partial charge in [0.05, 0.1) is 5.60 Å². The van der Waals surface area contributed by atoms with Crippen LogP contribution < -0.4 is 0 Å². The van der Waals surface area contributed by atoms with Gasteiger partial charge < -0.3 is 4.74 Å². The van der Waals surface area contributed by atoms with Crippen LogP contribution in [0.5, 0.6) is 0 Å². The molecule has 1 saturated heterocycles. The van der Waals surface area contributed by atoms with Crippen molar-refractivity contribution in [2.75, 3.05) is 6.61 Å². The minimum atomic E-state index is 0.307. The molecule has 52 valence electrons. The van der Waals surface area contributed by atoms with Crippen LogP contribution in [-0.4, -0.2) is 12.2 Å². The molecule has 0 spiro atoms. The van der Waals surface area contributed by atoms with Crippen LogP contribution in [-0.2, 0) is 4.74 Å². The Balaban J connectivity index is 2.19. The second kappa shape index (κ2) is 1.34. The normalized spacial score (nSPS) is 55.3. The molecule has 0 aromatic carbocycles. The Hall–Kier alpha value is -0.0400. The van der Waals surface area contributed by atoms with Crippen molar-refractivity contribution >= 4 is 0 Å². The standard InChI is InChI=1S/C8H14O/c1-3-8-4-5-9-7(8,2)6-8/h3-6H2,1-2H3/t7-,8+/m1/s1. The fourth-order valence-electron chi connectivity index (χ4n) is 2.31. The van der Waals surface area contributed by atoms with Crippen LogP contribution in [0.1, 0.15) is 33.1 Å². The van der Waals surface area contributed by atoms with Gasteiger partial charge in [0.1, 0.15) is 0 Å². The van der Waals surface area contributed by atoms with E-state index in [9.17, 15) is 0 Å². The van der Waals surface area contributed by atoms with Crippen molar-refractivity contribution in [3.05, 3.63) is 0 Å². The Kier molecular flexibility index (Phi) is 0.852. The Morgan fingerprint density at radius 3 is 2.56 bits per heavy atom. The Morgan fingerprint density at radius 1 is 1.56 bits per heavy atom. The molecule has 1 heterocycles. The molecule has 1 heteroatoms. The summed E-state index contributed by atoms with van der Waals surface area (Å²) in [6.45, 7) is 5.54. The Morgan fingerprint density at radius 2 is 2.33 bits per heavy atom. The third kappa shape index (κ3) is 0.493. The summed E-state index contributed by atoms with van der Waals surface area (Å²) in [4.78, 5) is 0. The van der Waals surface area contributed by atoms with Crippen molar-refractivity contribution in [2.45, 2.75) is 38.7 Å². The smallest absolute Gasteiger partial charge is 0.0718 e. The van der Waals surface area contributed by atoms with Crippen molar-refractivity contribution in [2.24, 2.45) is 5.41 Å². The summed E-state index contributed by atoms with van der Waals surface area (Å²) in [5.74, 6) is 0. The second-order valence-corrected chi connectivity index (χ2v) is 3.64. The van der Waals surface area contributed by atoms with Crippen LogP contribution in [0, 0.1) is 5.41 Å². The van der Waals surface area contributed by atoms with Crippen LogP contribution in [0.15, 0.2) is 0 Å². The molecule has 1 aliphatic heterocycles. The zero-order valence-corrected chi connectivity index (χ0v) is 6.24. The lowest BCUT2D eigenvalue weighted by molar-refractivity contribution is 0.0747. The number of fused-ring (bicyclic) bond motifs is 1. The molecule has 1 saturated carbocycles. The van der Waals surface area contributed by atoms with Gasteiger partial charge in [0, 0.05) is 12.0 Å². The molecule has 0 aromatic rings. The topological polar surface area (TPSA) is 9.23 Å². The average Bonchev–Trinajstić information content (AvgIpc) is 2.29. The van der Waals surface area contributed by atoms with Gasteiger partial charge >= 0.3 is 0 Å². The lowest BCUT2D eigenvalue weighted by Gasteiger charge is -2.08. The van der Waals surface area contributed by atoms with Gasteiger partial charge in [-0.1, -0.05) is 6.92 Å². The number of hydrogen-bond acceptors (Lipinski definition) is 1. The maximum absolute atomic E-state index is 5.61. The van der Waals surface area contributed by atoms with Crippen molar-refractivity contribution < 1.29 is 4.74 Å². The van der Waals surface area contributed by atoms with E-state index in [1.165, 1.54) is 19.3 Å². The van der Waals surface area contributed by atoms with E-state index in [2.05, 4.69) is 13.8 Å². The van der Waals surface area contributed by atoms with Gasteiger partial charge in [-0.25, -0.2) is 0 Å². The first-order valence-electron chi connectivity index (χ1n) is 3.86. The molecule has 0 amide bonds. The average molecular weight is 126 g/mol. The summed E-state index contributed by atoms with van der Waals surface area (Å²) in [5, 5.41) is 0. The fourth-order valence-corrected chi connectivity index (χ4v) is 2.31. The van der Waals surface area contributed by atoms with Gasteiger partial charge in [0.15, 0.2) is 0 Å². The first-order valence-corrected chi connectivity index (χ1v) is 3.86. The van der Waals surface area contributed by atoms with Crippen molar-refractivity contribution in [3.63, 3.8) is 0 Å². The molecular formula is C8H14O. The van der Waals surface area contributed by atoms with E-state index >= 15 is 0 Å². The molecular weight excluding hydrogens is 112 g/mol. The molecule has 0 aromatic heterocycles. The van der Waals surface area contributed by atoms with Gasteiger partial charge in [-0.05, 0) is 26.2 Å². The number of ether oxygens (including phenoxy) is 1. The molecule has 2 rings (SSSR count). The Bertz CT molecular complexity index is 140. The highest BCUT2D eigenvalue weighted by Crippen LogP contribution is 2.66. The molecule has 0 unspecified atom stereocenters. The highest BCUT2D eigenvalue weighted by atomic mass is 16.5. The maximum Gasteiger partial charge on any atom is 0.0718 e. The van der Waals surface area contributed by atoms with Gasteiger partial charge in [0.2, 0.25) is 0 Å². The molecule has 0 N–H and O–H groups in total. The first-order chi connectivity index (χ1) is 4.22. The zero-order chi connectivity index (χ0) is 6.54. The lowest BCUT2D eigenvalue weighted by Crippen LogP contribution is -2.09. The quantitative estimate of drug-likeness (QED) is 0.522. The second-order valence-electron chi connectivity index (χ2n) is 3.64. The molecule has 0 bridgehead atoms. The molecule has 2 fully saturated rings. The van der Waals surface area contributed by atoms with Crippen LogP contribution in [0.4, 0.5) is 0 Å². The SMILES string of the molecule is CC[C@@]12CCO[C@]1(C)C2. The van der Waals surface area contributed by atoms with E-state index in [1.54, 1.807) is 0 Å². The number of hydrogen-bond donors (Lipinski definition) is 0. The largest absolute Gasteiger partial charge is 0.375 e. The summed E-state index contributed by atoms with van der Waals surface area (Å²) in [7, 11) is 0. The molecule has 2 aliphatic rings. The zero-order valence-electron chi connectivity index (χ0n) is 6.24. The fraction of sp³-hybridized carbons (Fsp3) is 1.00. The van der Waals surface area contributed by atoms with Crippen LogP contribution in [0.25, 0.3) is 0 Å². The summed E-state index contributed by atoms with van der Waals surface area (Å²) >= 11 is 0. The van der Waals surface area contributed by atoms with Crippen molar-refractivity contribution in [3.8, 4) is 0 Å². The maximum atomic E-state index is 5.61. The third-order valence-corrected chi connectivity index (χ3v) is 3.35. The van der Waals surface area contributed by atoms with E-state index in [1.807, 2.05) is 0 Å². The highest BCUT2D eigenvalue weighted by Gasteiger charge is 2.67. The summed E-state index contributed by atoms with van der Waals surface area (Å²) in [6, 6.07) is 0. The van der Waals surface area contributed by atoms with E-state index < -0.39 is 0 Å². The van der Waals surface area contributed by atoms with Gasteiger partial charge in [-0.15, -0.1) is 0 Å². The molecule has 1 nitrogen and oxygen atoms in total. The van der Waals surface area contributed by atoms with Gasteiger partial charge in [-0.3, -0.25) is 0 Å². The van der Waals surface area contributed by atoms with E-state index in [4.69, 9.17) is 4.74 Å². The van der Waals surface area contributed by atoms with E-state index in [0.717, 1.165) is 6.61 Å². The minimum absolute atomic E-state index is 0.307. The summed E-state index contributed by atoms with van der Waals surface area (Å²) in [5.41, 5.74) is 0.925. The monoisotopic (exact) mass is 126 g/mol. The van der Waals surface area contributed by atoms with Crippen LogP contribution >= 0.6 is 0 Å². The summed E-state index contributed by atoms with van der Waals surface area (Å²) < 4.78 is 5.61. The van der Waals surface area contributed by atoms with Crippen LogP contribution in [0.2, 0.25) is 0 Å². The Labute approximate surface area is 56.4 Å². The lowest BCUT2D eigenvalue weighted by atomic mass is 9.98. The van der Waals surface area contributed by atoms with Gasteiger partial charge in [-0.2, -0.15) is 0 Å². The molecule has 2 atom stereocenters. The number of rotatable bonds is 1. The first kappa shape index (κ1) is 5.72. The van der Waals surface area contributed by atoms with E-state index in [0.29, 0.717) is 11.0 Å². The highest BCUT2D eigenvalue weighted by molar-refractivity contribution is 5.16.